The van der Waals surface area contributed by atoms with Gasteiger partial charge in [0.15, 0.2) is 0 Å². The third kappa shape index (κ3) is 2.95. The molecule has 0 heterocycles. The maximum absolute atomic E-state index is 12.0. The highest BCUT2D eigenvalue weighted by Gasteiger charge is 2.08. The standard InChI is InChI=1S/C15H8ClN3O/c16-14-7-13(5-4-12(14)9-18)19-15(20)11-3-1-2-10(6-11)8-17/h1-7H,(H,19,20). The maximum Gasteiger partial charge on any atom is 0.255 e. The average Bonchev–Trinajstić information content (AvgIpc) is 2.47. The first kappa shape index (κ1) is 13.6. The monoisotopic (exact) mass is 281 g/mol. The van der Waals surface area contributed by atoms with Crippen molar-refractivity contribution in [2.75, 3.05) is 5.32 Å². The van der Waals surface area contributed by atoms with Gasteiger partial charge >= 0.3 is 0 Å². The minimum absolute atomic E-state index is 0.274. The minimum atomic E-state index is -0.345. The quantitative estimate of drug-likeness (QED) is 0.917. The molecule has 2 aromatic carbocycles. The van der Waals surface area contributed by atoms with Crippen LogP contribution in [0.1, 0.15) is 21.5 Å². The summed E-state index contributed by atoms with van der Waals surface area (Å²) in [6, 6.07) is 14.9. The number of hydrogen-bond acceptors (Lipinski definition) is 3. The van der Waals surface area contributed by atoms with Gasteiger partial charge < -0.3 is 5.32 Å². The predicted molar refractivity (Wildman–Crippen MR) is 75.3 cm³/mol. The molecule has 2 aromatic rings. The van der Waals surface area contributed by atoms with Crippen molar-refractivity contribution in [1.82, 2.24) is 0 Å². The highest BCUT2D eigenvalue weighted by molar-refractivity contribution is 6.32. The van der Waals surface area contributed by atoms with Crippen molar-refractivity contribution in [2.24, 2.45) is 0 Å². The molecular weight excluding hydrogens is 274 g/mol. The van der Waals surface area contributed by atoms with Gasteiger partial charge in [0.05, 0.1) is 22.2 Å². The van der Waals surface area contributed by atoms with E-state index in [1.807, 2.05) is 12.1 Å². The molecule has 5 heteroatoms. The molecule has 1 N–H and O–H groups in total. The Hall–Kier alpha value is -2.82. The number of carbonyl (C=O) groups is 1. The zero-order valence-corrected chi connectivity index (χ0v) is 11.0. The van der Waals surface area contributed by atoms with Crippen LogP contribution in [0.3, 0.4) is 0 Å². The Morgan fingerprint density at radius 3 is 2.55 bits per heavy atom. The molecule has 1 amide bonds. The normalized spacial score (nSPS) is 9.35. The van der Waals surface area contributed by atoms with Crippen molar-refractivity contribution in [1.29, 1.82) is 10.5 Å². The molecule has 0 aliphatic heterocycles. The van der Waals surface area contributed by atoms with E-state index >= 15 is 0 Å². The SMILES string of the molecule is N#Cc1cccc(C(=O)Nc2ccc(C#N)c(Cl)c2)c1. The second kappa shape index (κ2) is 5.88. The van der Waals surface area contributed by atoms with Gasteiger partial charge in [0, 0.05) is 11.3 Å². The van der Waals surface area contributed by atoms with Crippen LogP contribution in [0.2, 0.25) is 5.02 Å². The Morgan fingerprint density at radius 1 is 1.10 bits per heavy atom. The fraction of sp³-hybridized carbons (Fsp3) is 0. The Balaban J connectivity index is 2.22. The van der Waals surface area contributed by atoms with Gasteiger partial charge in [-0.05, 0) is 36.4 Å². The first-order valence-corrected chi connectivity index (χ1v) is 6.03. The summed E-state index contributed by atoms with van der Waals surface area (Å²) in [5.74, 6) is -0.345. The third-order valence-electron chi connectivity index (χ3n) is 2.60. The fourth-order valence-electron chi connectivity index (χ4n) is 1.62. The maximum atomic E-state index is 12.0. The molecule has 0 radical (unpaired) electrons. The Kier molecular flexibility index (Phi) is 4.00. The second-order valence-corrected chi connectivity index (χ2v) is 4.36. The molecule has 0 fully saturated rings. The fourth-order valence-corrected chi connectivity index (χ4v) is 1.84. The highest BCUT2D eigenvalue weighted by atomic mass is 35.5. The molecule has 4 nitrogen and oxygen atoms in total. The van der Waals surface area contributed by atoms with Crippen LogP contribution in [0.4, 0.5) is 5.69 Å². The van der Waals surface area contributed by atoms with Crippen molar-refractivity contribution in [3.8, 4) is 12.1 Å². The van der Waals surface area contributed by atoms with Crippen LogP contribution < -0.4 is 5.32 Å². The average molecular weight is 282 g/mol. The number of benzene rings is 2. The molecule has 0 unspecified atom stereocenters. The van der Waals surface area contributed by atoms with Crippen molar-refractivity contribution in [2.45, 2.75) is 0 Å². The number of halogens is 1. The molecule has 0 aliphatic carbocycles. The largest absolute Gasteiger partial charge is 0.322 e. The molecule has 2 rings (SSSR count). The highest BCUT2D eigenvalue weighted by Crippen LogP contribution is 2.20. The van der Waals surface area contributed by atoms with Gasteiger partial charge in [-0.2, -0.15) is 10.5 Å². The predicted octanol–water partition coefficient (Wildman–Crippen LogP) is 3.34. The topological polar surface area (TPSA) is 76.7 Å². The summed E-state index contributed by atoms with van der Waals surface area (Å²) < 4.78 is 0. The van der Waals surface area contributed by atoms with E-state index in [2.05, 4.69) is 5.32 Å². The van der Waals surface area contributed by atoms with Gasteiger partial charge in [-0.1, -0.05) is 17.7 Å². The number of nitriles is 2. The number of nitrogens with one attached hydrogen (secondary N) is 1. The molecule has 0 spiro atoms. The molecule has 0 saturated heterocycles. The number of carbonyl (C=O) groups excluding carboxylic acids is 1. The number of hydrogen-bond donors (Lipinski definition) is 1. The summed E-state index contributed by atoms with van der Waals surface area (Å²) in [6.07, 6.45) is 0. The van der Waals surface area contributed by atoms with E-state index in [4.69, 9.17) is 22.1 Å². The van der Waals surface area contributed by atoms with E-state index < -0.39 is 0 Å². The summed E-state index contributed by atoms with van der Waals surface area (Å²) in [5.41, 5.74) is 1.62. The van der Waals surface area contributed by atoms with E-state index in [0.717, 1.165) is 0 Å². The van der Waals surface area contributed by atoms with Gasteiger partial charge in [-0.3, -0.25) is 4.79 Å². The molecule has 20 heavy (non-hydrogen) atoms. The summed E-state index contributed by atoms with van der Waals surface area (Å²) in [7, 11) is 0. The third-order valence-corrected chi connectivity index (χ3v) is 2.91. The van der Waals surface area contributed by atoms with E-state index in [1.165, 1.54) is 18.2 Å². The van der Waals surface area contributed by atoms with Crippen LogP contribution in [0.15, 0.2) is 42.5 Å². The summed E-state index contributed by atoms with van der Waals surface area (Å²) in [6.45, 7) is 0. The van der Waals surface area contributed by atoms with Crippen LogP contribution in [-0.2, 0) is 0 Å². The van der Waals surface area contributed by atoms with Crippen molar-refractivity contribution >= 4 is 23.2 Å². The van der Waals surface area contributed by atoms with Gasteiger partial charge in [0.25, 0.3) is 5.91 Å². The van der Waals surface area contributed by atoms with E-state index in [1.54, 1.807) is 24.3 Å². The van der Waals surface area contributed by atoms with Crippen molar-refractivity contribution in [3.05, 3.63) is 64.2 Å². The lowest BCUT2D eigenvalue weighted by Crippen LogP contribution is -2.12. The zero-order chi connectivity index (χ0) is 14.5. The van der Waals surface area contributed by atoms with Crippen LogP contribution in [0.5, 0.6) is 0 Å². The molecule has 0 aromatic heterocycles. The Labute approximate surface area is 120 Å². The van der Waals surface area contributed by atoms with E-state index in [0.29, 0.717) is 22.4 Å². The van der Waals surface area contributed by atoms with Crippen molar-refractivity contribution < 1.29 is 4.79 Å². The molecule has 0 bridgehead atoms. The lowest BCUT2D eigenvalue weighted by molar-refractivity contribution is 0.102. The lowest BCUT2D eigenvalue weighted by Gasteiger charge is -2.06. The molecule has 96 valence electrons. The lowest BCUT2D eigenvalue weighted by atomic mass is 10.1. The molecule has 0 atom stereocenters. The van der Waals surface area contributed by atoms with Gasteiger partial charge in [-0.25, -0.2) is 0 Å². The Bertz CT molecular complexity index is 756. The number of anilines is 1. The minimum Gasteiger partial charge on any atom is -0.322 e. The second-order valence-electron chi connectivity index (χ2n) is 3.95. The number of amides is 1. The first-order valence-electron chi connectivity index (χ1n) is 5.65. The van der Waals surface area contributed by atoms with Crippen LogP contribution in [0.25, 0.3) is 0 Å². The summed E-state index contributed by atoms with van der Waals surface area (Å²) >= 11 is 5.89. The van der Waals surface area contributed by atoms with Crippen LogP contribution in [-0.4, -0.2) is 5.91 Å². The van der Waals surface area contributed by atoms with Gasteiger partial charge in [0.2, 0.25) is 0 Å². The number of nitrogens with zero attached hydrogens (tertiary/aromatic N) is 2. The van der Waals surface area contributed by atoms with E-state index in [9.17, 15) is 4.79 Å². The van der Waals surface area contributed by atoms with Crippen LogP contribution >= 0.6 is 11.6 Å². The Morgan fingerprint density at radius 2 is 1.90 bits per heavy atom. The molecule has 0 aliphatic rings. The number of rotatable bonds is 2. The summed E-state index contributed by atoms with van der Waals surface area (Å²) in [4.78, 5) is 12.0. The molecule has 0 saturated carbocycles. The van der Waals surface area contributed by atoms with E-state index in [-0.39, 0.29) is 10.9 Å². The molecular formula is C15H8ClN3O. The smallest absolute Gasteiger partial charge is 0.255 e. The van der Waals surface area contributed by atoms with Gasteiger partial charge in [0.1, 0.15) is 6.07 Å². The van der Waals surface area contributed by atoms with Crippen LogP contribution in [0, 0.1) is 22.7 Å². The zero-order valence-electron chi connectivity index (χ0n) is 10.2. The van der Waals surface area contributed by atoms with Crippen molar-refractivity contribution in [3.63, 3.8) is 0 Å². The summed E-state index contributed by atoms with van der Waals surface area (Å²) in [5, 5.41) is 20.5. The van der Waals surface area contributed by atoms with Gasteiger partial charge in [-0.15, -0.1) is 0 Å². The first-order chi connectivity index (χ1) is 9.63.